The molecule has 0 aliphatic carbocycles. The fraction of sp³-hybridized carbons (Fsp3) is 0.353. The van der Waals surface area contributed by atoms with E-state index in [1.165, 1.54) is 11.8 Å². The van der Waals surface area contributed by atoms with Crippen molar-refractivity contribution in [1.82, 2.24) is 4.90 Å². The Kier molecular flexibility index (Phi) is 5.72. The third-order valence-electron chi connectivity index (χ3n) is 3.82. The lowest BCUT2D eigenvalue weighted by Gasteiger charge is -2.18. The molecule has 1 amide bonds. The van der Waals surface area contributed by atoms with Gasteiger partial charge in [0.15, 0.2) is 6.61 Å². The van der Waals surface area contributed by atoms with Crippen molar-refractivity contribution in [3.05, 3.63) is 34.7 Å². The van der Waals surface area contributed by atoms with E-state index in [9.17, 15) is 9.59 Å². The molecular weight excluding hydrogens is 362 g/mol. The standard InChI is InChI=1S/C17H17NO5S2/c19-15(20)10-23-12-5-3-11(4-6-12)8-14-16(21)18(17(24)25-14)9-13-2-1-7-22-13/h3-6,8,13H,1-2,7,9-10H2,(H,19,20)/b14-8-/t13-/m1/s1. The van der Waals surface area contributed by atoms with E-state index < -0.39 is 5.97 Å². The number of hydrogen-bond acceptors (Lipinski definition) is 6. The van der Waals surface area contributed by atoms with Gasteiger partial charge in [0.25, 0.3) is 5.91 Å². The van der Waals surface area contributed by atoms with Crippen molar-refractivity contribution in [3.63, 3.8) is 0 Å². The zero-order chi connectivity index (χ0) is 17.8. The first-order valence-electron chi connectivity index (χ1n) is 7.84. The number of rotatable bonds is 6. The lowest BCUT2D eigenvalue weighted by Crippen LogP contribution is -2.35. The Labute approximate surface area is 154 Å². The van der Waals surface area contributed by atoms with Gasteiger partial charge >= 0.3 is 5.97 Å². The highest BCUT2D eigenvalue weighted by Crippen LogP contribution is 2.33. The van der Waals surface area contributed by atoms with Gasteiger partial charge in [0.05, 0.1) is 17.6 Å². The summed E-state index contributed by atoms with van der Waals surface area (Å²) in [6, 6.07) is 6.87. The molecule has 1 aromatic carbocycles. The number of nitrogens with zero attached hydrogens (tertiary/aromatic N) is 1. The number of carbonyl (C=O) groups is 2. The van der Waals surface area contributed by atoms with Crippen LogP contribution in [0.1, 0.15) is 18.4 Å². The minimum absolute atomic E-state index is 0.0625. The average molecular weight is 379 g/mol. The van der Waals surface area contributed by atoms with E-state index in [0.29, 0.717) is 21.5 Å². The Hall–Kier alpha value is -1.90. The van der Waals surface area contributed by atoms with Crippen molar-refractivity contribution in [2.75, 3.05) is 19.8 Å². The first-order chi connectivity index (χ1) is 12.0. The quantitative estimate of drug-likeness (QED) is 0.601. The molecule has 0 spiro atoms. The molecule has 2 aliphatic rings. The molecule has 0 radical (unpaired) electrons. The number of carboxylic acids is 1. The Morgan fingerprint density at radius 2 is 2.20 bits per heavy atom. The zero-order valence-electron chi connectivity index (χ0n) is 13.3. The molecule has 0 unspecified atom stereocenters. The van der Waals surface area contributed by atoms with Crippen molar-refractivity contribution in [2.24, 2.45) is 0 Å². The van der Waals surface area contributed by atoms with Crippen molar-refractivity contribution >= 4 is 46.3 Å². The molecular formula is C17H17NO5S2. The van der Waals surface area contributed by atoms with Crippen LogP contribution in [0.4, 0.5) is 0 Å². The summed E-state index contributed by atoms with van der Waals surface area (Å²) in [6.07, 6.45) is 3.81. The SMILES string of the molecule is O=C(O)COc1ccc(/C=C2\SC(=S)N(C[C@H]3CCCO3)C2=O)cc1. The van der Waals surface area contributed by atoms with Crippen LogP contribution in [0, 0.1) is 0 Å². The predicted molar refractivity (Wildman–Crippen MR) is 98.4 cm³/mol. The van der Waals surface area contributed by atoms with Crippen LogP contribution in [0.15, 0.2) is 29.2 Å². The zero-order valence-corrected chi connectivity index (χ0v) is 15.0. The number of amides is 1. The number of aliphatic carboxylic acids is 1. The Morgan fingerprint density at radius 3 is 2.84 bits per heavy atom. The molecule has 0 saturated carbocycles. The molecule has 2 heterocycles. The maximum Gasteiger partial charge on any atom is 0.341 e. The van der Waals surface area contributed by atoms with Gasteiger partial charge in [-0.05, 0) is 36.6 Å². The fourth-order valence-corrected chi connectivity index (χ4v) is 3.88. The van der Waals surface area contributed by atoms with Gasteiger partial charge in [-0.25, -0.2) is 4.79 Å². The molecule has 25 heavy (non-hydrogen) atoms. The number of carboxylic acid groups (broad SMARTS) is 1. The molecule has 3 rings (SSSR count). The smallest absolute Gasteiger partial charge is 0.341 e. The second kappa shape index (κ2) is 7.99. The van der Waals surface area contributed by atoms with E-state index in [2.05, 4.69) is 0 Å². The first kappa shape index (κ1) is 17.9. The van der Waals surface area contributed by atoms with Crippen LogP contribution in [-0.2, 0) is 14.3 Å². The molecule has 1 aromatic rings. The summed E-state index contributed by atoms with van der Waals surface area (Å²) in [5.74, 6) is -0.666. The van der Waals surface area contributed by atoms with Gasteiger partial charge in [0.1, 0.15) is 10.1 Å². The van der Waals surface area contributed by atoms with E-state index in [1.807, 2.05) is 0 Å². The Bertz CT molecular complexity index is 710. The highest BCUT2D eigenvalue weighted by Gasteiger charge is 2.34. The molecule has 0 aromatic heterocycles. The van der Waals surface area contributed by atoms with E-state index in [-0.39, 0.29) is 18.6 Å². The lowest BCUT2D eigenvalue weighted by atomic mass is 10.2. The second-order valence-electron chi connectivity index (χ2n) is 5.68. The van der Waals surface area contributed by atoms with Crippen LogP contribution < -0.4 is 4.74 Å². The molecule has 6 nitrogen and oxygen atoms in total. The van der Waals surface area contributed by atoms with Gasteiger partial charge in [0.2, 0.25) is 0 Å². The van der Waals surface area contributed by atoms with E-state index in [1.54, 1.807) is 35.2 Å². The molecule has 1 atom stereocenters. The summed E-state index contributed by atoms with van der Waals surface area (Å²) >= 11 is 6.60. The summed E-state index contributed by atoms with van der Waals surface area (Å²) < 4.78 is 11.2. The number of ether oxygens (including phenoxy) is 2. The molecule has 2 saturated heterocycles. The third-order valence-corrected chi connectivity index (χ3v) is 5.20. The normalized spacial score (nSPS) is 22.0. The number of hydrogen-bond donors (Lipinski definition) is 1. The van der Waals surface area contributed by atoms with Gasteiger partial charge in [-0.15, -0.1) is 0 Å². The predicted octanol–water partition coefficient (Wildman–Crippen LogP) is 2.53. The van der Waals surface area contributed by atoms with Gasteiger partial charge in [0, 0.05) is 6.61 Å². The number of benzene rings is 1. The monoisotopic (exact) mass is 379 g/mol. The van der Waals surface area contributed by atoms with Crippen molar-refractivity contribution in [2.45, 2.75) is 18.9 Å². The second-order valence-corrected chi connectivity index (χ2v) is 7.35. The molecule has 2 aliphatic heterocycles. The number of thioether (sulfide) groups is 1. The minimum Gasteiger partial charge on any atom is -0.482 e. The van der Waals surface area contributed by atoms with Crippen LogP contribution in [0.25, 0.3) is 6.08 Å². The van der Waals surface area contributed by atoms with Crippen molar-refractivity contribution in [1.29, 1.82) is 0 Å². The third kappa shape index (κ3) is 4.59. The van der Waals surface area contributed by atoms with Gasteiger partial charge < -0.3 is 14.6 Å². The molecule has 8 heteroatoms. The van der Waals surface area contributed by atoms with Crippen LogP contribution in [0.5, 0.6) is 5.75 Å². The van der Waals surface area contributed by atoms with Crippen LogP contribution >= 0.6 is 24.0 Å². The van der Waals surface area contributed by atoms with Crippen LogP contribution in [0.3, 0.4) is 0 Å². The molecule has 1 N–H and O–H groups in total. The fourth-order valence-electron chi connectivity index (χ4n) is 2.61. The molecule has 132 valence electrons. The van der Waals surface area contributed by atoms with Crippen molar-refractivity contribution in [3.8, 4) is 5.75 Å². The Morgan fingerprint density at radius 1 is 1.44 bits per heavy atom. The number of carbonyl (C=O) groups excluding carboxylic acids is 1. The summed E-state index contributed by atoms with van der Waals surface area (Å²) in [5.41, 5.74) is 0.820. The minimum atomic E-state index is -1.03. The van der Waals surface area contributed by atoms with Crippen LogP contribution in [-0.4, -0.2) is 52.1 Å². The summed E-state index contributed by atoms with van der Waals surface area (Å²) in [4.78, 5) is 25.2. The topological polar surface area (TPSA) is 76.1 Å². The molecule has 2 fully saturated rings. The maximum atomic E-state index is 12.6. The van der Waals surface area contributed by atoms with Gasteiger partial charge in [-0.3, -0.25) is 9.69 Å². The summed E-state index contributed by atoms with van der Waals surface area (Å²) in [5, 5.41) is 8.60. The largest absolute Gasteiger partial charge is 0.482 e. The lowest BCUT2D eigenvalue weighted by molar-refractivity contribution is -0.139. The van der Waals surface area contributed by atoms with Gasteiger partial charge in [-0.2, -0.15) is 0 Å². The summed E-state index contributed by atoms with van der Waals surface area (Å²) in [6.45, 7) is 0.858. The van der Waals surface area contributed by atoms with E-state index >= 15 is 0 Å². The number of thiocarbonyl (C=S) groups is 1. The first-order valence-corrected chi connectivity index (χ1v) is 9.07. The van der Waals surface area contributed by atoms with Gasteiger partial charge in [-0.1, -0.05) is 36.1 Å². The maximum absolute atomic E-state index is 12.6. The van der Waals surface area contributed by atoms with Crippen molar-refractivity contribution < 1.29 is 24.2 Å². The van der Waals surface area contributed by atoms with Crippen LogP contribution in [0.2, 0.25) is 0 Å². The highest BCUT2D eigenvalue weighted by atomic mass is 32.2. The highest BCUT2D eigenvalue weighted by molar-refractivity contribution is 8.26. The Balaban J connectivity index is 1.65. The van der Waals surface area contributed by atoms with E-state index in [0.717, 1.165) is 25.0 Å². The van der Waals surface area contributed by atoms with E-state index in [4.69, 9.17) is 26.8 Å². The molecule has 0 bridgehead atoms. The summed E-state index contributed by atoms with van der Waals surface area (Å²) in [7, 11) is 0. The average Bonchev–Trinajstić information content (AvgIpc) is 3.19.